The summed E-state index contributed by atoms with van der Waals surface area (Å²) < 4.78 is 13.0. The Kier molecular flexibility index (Phi) is 3.38. The van der Waals surface area contributed by atoms with Gasteiger partial charge in [0.15, 0.2) is 0 Å². The van der Waals surface area contributed by atoms with Crippen LogP contribution in [0.3, 0.4) is 0 Å². The van der Waals surface area contributed by atoms with Crippen molar-refractivity contribution in [2.75, 3.05) is 31.5 Å². The maximum absolute atomic E-state index is 13.0. The summed E-state index contributed by atoms with van der Waals surface area (Å²) in [6, 6.07) is 6.61. The number of carbonyl (C=O) groups is 1. The molecule has 102 valence electrons. The Morgan fingerprint density at radius 3 is 2.58 bits per heavy atom. The van der Waals surface area contributed by atoms with E-state index in [0.717, 1.165) is 32.2 Å². The standard InChI is InChI=1S/C14H18FN3O/c15-11-2-1-3-12(10-11)16-14(19)18-8-6-17(7-9-18)13-4-5-13/h1-3,10,13H,4-9H2,(H,16,19). The normalized spacial score (nSPS) is 20.4. The molecule has 1 heterocycles. The molecule has 0 aromatic heterocycles. The fourth-order valence-corrected chi connectivity index (χ4v) is 2.50. The van der Waals surface area contributed by atoms with Crippen LogP contribution in [0.5, 0.6) is 0 Å². The molecule has 1 aromatic carbocycles. The van der Waals surface area contributed by atoms with Gasteiger partial charge in [0.25, 0.3) is 0 Å². The second-order valence-electron chi connectivity index (χ2n) is 5.19. The van der Waals surface area contributed by atoms with E-state index < -0.39 is 0 Å². The van der Waals surface area contributed by atoms with Crippen molar-refractivity contribution < 1.29 is 9.18 Å². The van der Waals surface area contributed by atoms with Crippen LogP contribution >= 0.6 is 0 Å². The summed E-state index contributed by atoms with van der Waals surface area (Å²) in [5.74, 6) is -0.337. The number of halogens is 1. The molecule has 0 unspecified atom stereocenters. The predicted molar refractivity (Wildman–Crippen MR) is 71.6 cm³/mol. The van der Waals surface area contributed by atoms with Gasteiger partial charge in [-0.1, -0.05) is 6.07 Å². The summed E-state index contributed by atoms with van der Waals surface area (Å²) >= 11 is 0. The molecule has 1 aliphatic carbocycles. The number of urea groups is 1. The third kappa shape index (κ3) is 3.04. The number of carbonyl (C=O) groups excluding carboxylic acids is 1. The summed E-state index contributed by atoms with van der Waals surface area (Å²) in [4.78, 5) is 16.3. The van der Waals surface area contributed by atoms with Gasteiger partial charge in [-0.2, -0.15) is 0 Å². The Bertz CT molecular complexity index is 468. The van der Waals surface area contributed by atoms with Crippen molar-refractivity contribution in [1.29, 1.82) is 0 Å². The van der Waals surface area contributed by atoms with Crippen LogP contribution in [-0.2, 0) is 0 Å². The minimum atomic E-state index is -0.337. The van der Waals surface area contributed by atoms with Gasteiger partial charge in [-0.3, -0.25) is 4.90 Å². The molecule has 1 saturated heterocycles. The first-order chi connectivity index (χ1) is 9.22. The van der Waals surface area contributed by atoms with Crippen LogP contribution in [0.15, 0.2) is 24.3 Å². The van der Waals surface area contributed by atoms with E-state index in [4.69, 9.17) is 0 Å². The lowest BCUT2D eigenvalue weighted by Crippen LogP contribution is -2.50. The number of benzene rings is 1. The number of nitrogens with zero attached hydrogens (tertiary/aromatic N) is 2. The summed E-state index contributed by atoms with van der Waals surface area (Å²) in [5, 5.41) is 2.74. The Hall–Kier alpha value is -1.62. The lowest BCUT2D eigenvalue weighted by atomic mass is 10.3. The average molecular weight is 263 g/mol. The summed E-state index contributed by atoms with van der Waals surface area (Å²) in [7, 11) is 0. The fourth-order valence-electron chi connectivity index (χ4n) is 2.50. The first kappa shape index (κ1) is 12.4. The van der Waals surface area contributed by atoms with Crippen molar-refractivity contribution in [2.45, 2.75) is 18.9 Å². The van der Waals surface area contributed by atoms with E-state index in [-0.39, 0.29) is 11.8 Å². The lowest BCUT2D eigenvalue weighted by molar-refractivity contribution is 0.142. The van der Waals surface area contributed by atoms with Crippen LogP contribution in [0.1, 0.15) is 12.8 Å². The number of hydrogen-bond acceptors (Lipinski definition) is 2. The summed E-state index contributed by atoms with van der Waals surface area (Å²) in [5.41, 5.74) is 0.509. The monoisotopic (exact) mass is 263 g/mol. The zero-order chi connectivity index (χ0) is 13.2. The molecule has 0 spiro atoms. The molecule has 19 heavy (non-hydrogen) atoms. The number of amides is 2. The number of piperazine rings is 1. The Morgan fingerprint density at radius 1 is 1.21 bits per heavy atom. The highest BCUT2D eigenvalue weighted by Gasteiger charge is 2.32. The Labute approximate surface area is 112 Å². The smallest absolute Gasteiger partial charge is 0.321 e. The maximum atomic E-state index is 13.0. The highest BCUT2D eigenvalue weighted by Crippen LogP contribution is 2.27. The molecule has 5 heteroatoms. The van der Waals surface area contributed by atoms with Gasteiger partial charge < -0.3 is 10.2 Å². The molecule has 4 nitrogen and oxygen atoms in total. The lowest BCUT2D eigenvalue weighted by Gasteiger charge is -2.34. The third-order valence-electron chi connectivity index (χ3n) is 3.74. The third-order valence-corrected chi connectivity index (χ3v) is 3.74. The van der Waals surface area contributed by atoms with Gasteiger partial charge in [0.2, 0.25) is 0 Å². The van der Waals surface area contributed by atoms with Crippen LogP contribution in [-0.4, -0.2) is 48.1 Å². The average Bonchev–Trinajstić information content (AvgIpc) is 3.23. The van der Waals surface area contributed by atoms with Gasteiger partial charge in [-0.05, 0) is 31.0 Å². The fraction of sp³-hybridized carbons (Fsp3) is 0.500. The molecular weight excluding hydrogens is 245 g/mol. The van der Waals surface area contributed by atoms with Gasteiger partial charge >= 0.3 is 6.03 Å². The van der Waals surface area contributed by atoms with Crippen molar-refractivity contribution >= 4 is 11.7 Å². The van der Waals surface area contributed by atoms with Crippen molar-refractivity contribution in [3.8, 4) is 0 Å². The van der Waals surface area contributed by atoms with E-state index in [0.29, 0.717) is 5.69 Å². The Balaban J connectivity index is 1.53. The van der Waals surface area contributed by atoms with Crippen LogP contribution in [0.25, 0.3) is 0 Å². The molecule has 0 radical (unpaired) electrons. The number of anilines is 1. The van der Waals surface area contributed by atoms with Gasteiger partial charge in [0.1, 0.15) is 5.82 Å². The number of hydrogen-bond donors (Lipinski definition) is 1. The van der Waals surface area contributed by atoms with Crippen LogP contribution in [0.4, 0.5) is 14.9 Å². The first-order valence-electron chi connectivity index (χ1n) is 6.78. The summed E-state index contributed by atoms with van der Waals surface area (Å²) in [6.45, 7) is 3.39. The molecule has 1 aromatic rings. The molecule has 1 saturated carbocycles. The molecule has 1 N–H and O–H groups in total. The molecule has 1 aliphatic heterocycles. The highest BCUT2D eigenvalue weighted by atomic mass is 19.1. The van der Waals surface area contributed by atoms with Gasteiger partial charge in [0.05, 0.1) is 0 Å². The van der Waals surface area contributed by atoms with E-state index in [2.05, 4.69) is 10.2 Å². The van der Waals surface area contributed by atoms with E-state index in [1.165, 1.54) is 25.0 Å². The largest absolute Gasteiger partial charge is 0.322 e. The van der Waals surface area contributed by atoms with Crippen molar-refractivity contribution in [3.05, 3.63) is 30.1 Å². The molecule has 2 amide bonds. The topological polar surface area (TPSA) is 35.6 Å². The minimum absolute atomic E-state index is 0.138. The Morgan fingerprint density at radius 2 is 1.95 bits per heavy atom. The zero-order valence-electron chi connectivity index (χ0n) is 10.8. The quantitative estimate of drug-likeness (QED) is 0.887. The van der Waals surface area contributed by atoms with Crippen molar-refractivity contribution in [2.24, 2.45) is 0 Å². The number of rotatable bonds is 2. The second kappa shape index (κ2) is 5.17. The number of nitrogens with one attached hydrogen (secondary N) is 1. The molecule has 3 rings (SSSR count). The molecule has 0 atom stereocenters. The van der Waals surface area contributed by atoms with Gasteiger partial charge in [-0.25, -0.2) is 9.18 Å². The molecule has 0 bridgehead atoms. The SMILES string of the molecule is O=C(Nc1cccc(F)c1)N1CCN(C2CC2)CC1. The van der Waals surface area contributed by atoms with E-state index >= 15 is 0 Å². The predicted octanol–water partition coefficient (Wildman–Crippen LogP) is 2.14. The highest BCUT2D eigenvalue weighted by molar-refractivity contribution is 5.89. The molecule has 2 aliphatic rings. The van der Waals surface area contributed by atoms with Crippen molar-refractivity contribution in [3.63, 3.8) is 0 Å². The van der Waals surface area contributed by atoms with Crippen LogP contribution in [0, 0.1) is 5.82 Å². The zero-order valence-corrected chi connectivity index (χ0v) is 10.8. The molecular formula is C14H18FN3O. The van der Waals surface area contributed by atoms with Gasteiger partial charge in [-0.15, -0.1) is 0 Å². The second-order valence-corrected chi connectivity index (χ2v) is 5.19. The summed E-state index contributed by atoms with van der Waals surface area (Å²) in [6.07, 6.45) is 2.60. The van der Waals surface area contributed by atoms with Crippen molar-refractivity contribution in [1.82, 2.24) is 9.80 Å². The minimum Gasteiger partial charge on any atom is -0.322 e. The maximum Gasteiger partial charge on any atom is 0.321 e. The van der Waals surface area contributed by atoms with Crippen LogP contribution in [0.2, 0.25) is 0 Å². The van der Waals surface area contributed by atoms with E-state index in [9.17, 15) is 9.18 Å². The first-order valence-corrected chi connectivity index (χ1v) is 6.78. The van der Waals surface area contributed by atoms with Gasteiger partial charge in [0, 0.05) is 37.9 Å². The van der Waals surface area contributed by atoms with E-state index in [1.54, 1.807) is 17.0 Å². The van der Waals surface area contributed by atoms with Crippen LogP contribution < -0.4 is 5.32 Å². The molecule has 2 fully saturated rings. The van der Waals surface area contributed by atoms with E-state index in [1.807, 2.05) is 0 Å².